The zero-order valence-electron chi connectivity index (χ0n) is 19.6. The number of aromatic nitrogens is 4. The fourth-order valence-corrected chi connectivity index (χ4v) is 3.16. The van der Waals surface area contributed by atoms with E-state index < -0.39 is 18.2 Å². The lowest BCUT2D eigenvalue weighted by Crippen LogP contribution is -2.38. The summed E-state index contributed by atoms with van der Waals surface area (Å²) in [6.07, 6.45) is 5.66. The number of carbonyl (C=O) groups excluding carboxylic acids is 1. The van der Waals surface area contributed by atoms with Crippen LogP contribution in [0.15, 0.2) is 30.9 Å². The molecule has 2 heterocycles. The van der Waals surface area contributed by atoms with Crippen molar-refractivity contribution >= 4 is 17.5 Å². The highest BCUT2D eigenvalue weighted by molar-refractivity contribution is 5.76. The molecule has 194 valence electrons. The van der Waals surface area contributed by atoms with E-state index in [9.17, 15) is 13.6 Å². The average molecular weight is 508 g/mol. The highest BCUT2D eigenvalue weighted by Crippen LogP contribution is 2.32. The number of benzene rings is 1. The van der Waals surface area contributed by atoms with Crippen molar-refractivity contribution in [2.75, 3.05) is 45.8 Å². The van der Waals surface area contributed by atoms with Crippen molar-refractivity contribution in [2.45, 2.75) is 13.2 Å². The van der Waals surface area contributed by atoms with Gasteiger partial charge in [0.25, 0.3) is 0 Å². The number of amides is 1. The van der Waals surface area contributed by atoms with Crippen LogP contribution in [0.2, 0.25) is 0 Å². The van der Waals surface area contributed by atoms with Gasteiger partial charge in [-0.05, 0) is 0 Å². The number of hydrogen-bond acceptors (Lipinski definition) is 10. The molecule has 2 aromatic heterocycles. The minimum absolute atomic E-state index is 0.0858. The third kappa shape index (κ3) is 6.55. The van der Waals surface area contributed by atoms with Gasteiger partial charge in [0.15, 0.2) is 28.9 Å². The van der Waals surface area contributed by atoms with Crippen LogP contribution in [0.4, 0.5) is 20.4 Å². The van der Waals surface area contributed by atoms with Gasteiger partial charge in [0, 0.05) is 25.4 Å². The molecule has 0 saturated heterocycles. The number of hydrogen-bond donors (Lipinski definition) is 3. The minimum atomic E-state index is -0.902. The Morgan fingerprint density at radius 1 is 1.06 bits per heavy atom. The molecule has 0 aliphatic rings. The number of aliphatic hydroxyl groups excluding tert-OH is 2. The summed E-state index contributed by atoms with van der Waals surface area (Å²) in [7, 11) is 2.51. The smallest absolute Gasteiger partial charge is 0.244 e. The van der Waals surface area contributed by atoms with Crippen LogP contribution in [-0.4, -0.2) is 81.3 Å². The van der Waals surface area contributed by atoms with E-state index in [-0.39, 0.29) is 67.5 Å². The molecule has 0 unspecified atom stereocenters. The molecular weight excluding hydrogens is 482 g/mol. The van der Waals surface area contributed by atoms with Crippen LogP contribution in [0.3, 0.4) is 0 Å². The lowest BCUT2D eigenvalue weighted by molar-refractivity contribution is -0.133. The average Bonchev–Trinajstić information content (AvgIpc) is 3.31. The Hall–Kier alpha value is -4.04. The van der Waals surface area contributed by atoms with Crippen molar-refractivity contribution in [1.29, 1.82) is 0 Å². The van der Waals surface area contributed by atoms with Crippen molar-refractivity contribution in [3.63, 3.8) is 0 Å². The highest BCUT2D eigenvalue weighted by Gasteiger charge is 2.20. The molecule has 0 radical (unpaired) electrons. The molecule has 3 N–H and O–H groups in total. The molecule has 36 heavy (non-hydrogen) atoms. The molecule has 1 aromatic carbocycles. The summed E-state index contributed by atoms with van der Waals surface area (Å²) in [4.78, 5) is 21.8. The van der Waals surface area contributed by atoms with Crippen LogP contribution < -0.4 is 19.5 Å². The van der Waals surface area contributed by atoms with Crippen LogP contribution in [0, 0.1) is 11.6 Å². The first-order valence-corrected chi connectivity index (χ1v) is 10.7. The van der Waals surface area contributed by atoms with Crippen molar-refractivity contribution in [3.05, 3.63) is 48.1 Å². The maximum absolute atomic E-state index is 14.5. The van der Waals surface area contributed by atoms with Gasteiger partial charge in [0.2, 0.25) is 11.9 Å². The lowest BCUT2D eigenvalue weighted by atomic mass is 10.1. The SMILES string of the molecule is COc1cc(OC)c(F)c(COc2cnc(Nc3cnn(CC(=O)N(CCO)CCO)c3)nc2)c1F. The Bertz CT molecular complexity index is 1130. The van der Waals surface area contributed by atoms with Crippen molar-refractivity contribution in [1.82, 2.24) is 24.6 Å². The molecule has 0 saturated carbocycles. The Labute approximate surface area is 205 Å². The van der Waals surface area contributed by atoms with Gasteiger partial charge in [-0.1, -0.05) is 0 Å². The molecule has 0 spiro atoms. The second-order valence-corrected chi connectivity index (χ2v) is 7.30. The normalized spacial score (nSPS) is 10.7. The number of rotatable bonds is 13. The van der Waals surface area contributed by atoms with Crippen LogP contribution in [0.25, 0.3) is 0 Å². The molecule has 3 aromatic rings. The van der Waals surface area contributed by atoms with Gasteiger partial charge >= 0.3 is 0 Å². The fourth-order valence-electron chi connectivity index (χ4n) is 3.16. The monoisotopic (exact) mass is 508 g/mol. The number of carbonyl (C=O) groups is 1. The standard InChI is InChI=1S/C22H26F2N6O6/c1-34-17-7-18(35-2)21(24)16(20(17)23)13-36-15-9-25-22(26-10-15)28-14-8-27-30(11-14)12-19(33)29(3-5-31)4-6-32/h7-11,31-32H,3-6,12-13H2,1-2H3,(H,25,26,28). The second kappa shape index (κ2) is 12.6. The van der Waals surface area contributed by atoms with Gasteiger partial charge in [-0.2, -0.15) is 5.10 Å². The van der Waals surface area contributed by atoms with Crippen LogP contribution in [0.5, 0.6) is 17.2 Å². The summed E-state index contributed by atoms with van der Waals surface area (Å²) in [5.41, 5.74) is 0.131. The Balaban J connectivity index is 1.60. The molecule has 0 aliphatic carbocycles. The third-order valence-corrected chi connectivity index (χ3v) is 4.96. The first-order valence-electron chi connectivity index (χ1n) is 10.7. The van der Waals surface area contributed by atoms with Crippen LogP contribution in [-0.2, 0) is 17.9 Å². The van der Waals surface area contributed by atoms with E-state index in [2.05, 4.69) is 20.4 Å². The summed E-state index contributed by atoms with van der Waals surface area (Å²) in [5.74, 6) is -2.13. The third-order valence-electron chi connectivity index (χ3n) is 4.96. The molecule has 0 fully saturated rings. The number of anilines is 2. The van der Waals surface area contributed by atoms with Crippen molar-refractivity contribution < 1.29 is 38.0 Å². The molecule has 0 atom stereocenters. The van der Waals surface area contributed by atoms with E-state index in [1.165, 1.54) is 42.4 Å². The largest absolute Gasteiger partial charge is 0.494 e. The topological polar surface area (TPSA) is 144 Å². The van der Waals surface area contributed by atoms with Gasteiger partial charge in [-0.25, -0.2) is 18.7 Å². The Morgan fingerprint density at radius 3 is 2.22 bits per heavy atom. The molecule has 14 heteroatoms. The number of aliphatic hydroxyl groups is 2. The minimum Gasteiger partial charge on any atom is -0.494 e. The Kier molecular flexibility index (Phi) is 9.30. The molecule has 1 amide bonds. The number of methoxy groups -OCH3 is 2. The van der Waals surface area contributed by atoms with Gasteiger partial charge < -0.3 is 34.6 Å². The first kappa shape index (κ1) is 26.6. The summed E-state index contributed by atoms with van der Waals surface area (Å²) in [6, 6.07) is 1.11. The van der Waals surface area contributed by atoms with Gasteiger partial charge in [-0.15, -0.1) is 0 Å². The summed E-state index contributed by atoms with van der Waals surface area (Å²) in [6.45, 7) is -0.751. The maximum atomic E-state index is 14.5. The highest BCUT2D eigenvalue weighted by atomic mass is 19.1. The van der Waals surface area contributed by atoms with Crippen LogP contribution in [0.1, 0.15) is 5.56 Å². The summed E-state index contributed by atoms with van der Waals surface area (Å²) in [5, 5.41) is 25.1. The van der Waals surface area contributed by atoms with E-state index in [1.54, 1.807) is 6.20 Å². The molecule has 0 aliphatic heterocycles. The zero-order valence-corrected chi connectivity index (χ0v) is 19.6. The fraction of sp³-hybridized carbons (Fsp3) is 0.364. The maximum Gasteiger partial charge on any atom is 0.244 e. The van der Waals surface area contributed by atoms with Crippen molar-refractivity contribution in [2.24, 2.45) is 0 Å². The van der Waals surface area contributed by atoms with E-state index in [0.717, 1.165) is 6.07 Å². The van der Waals surface area contributed by atoms with E-state index >= 15 is 0 Å². The lowest BCUT2D eigenvalue weighted by Gasteiger charge is -2.20. The predicted molar refractivity (Wildman–Crippen MR) is 122 cm³/mol. The number of halogens is 2. The molecular formula is C22H26F2N6O6. The van der Waals surface area contributed by atoms with Gasteiger partial charge in [0.1, 0.15) is 13.2 Å². The predicted octanol–water partition coefficient (Wildman–Crippen LogP) is 1.10. The molecule has 12 nitrogen and oxygen atoms in total. The van der Waals surface area contributed by atoms with Crippen LogP contribution >= 0.6 is 0 Å². The Morgan fingerprint density at radius 2 is 1.67 bits per heavy atom. The molecule has 0 bridgehead atoms. The number of ether oxygens (including phenoxy) is 3. The van der Waals surface area contributed by atoms with Gasteiger partial charge in [0.05, 0.1) is 57.3 Å². The molecule has 3 rings (SSSR count). The number of nitrogens with one attached hydrogen (secondary N) is 1. The van der Waals surface area contributed by atoms with Gasteiger partial charge in [-0.3, -0.25) is 9.48 Å². The zero-order chi connectivity index (χ0) is 26.1. The van der Waals surface area contributed by atoms with Crippen molar-refractivity contribution in [3.8, 4) is 17.2 Å². The number of nitrogens with zero attached hydrogens (tertiary/aromatic N) is 5. The van der Waals surface area contributed by atoms with E-state index in [4.69, 9.17) is 24.4 Å². The quantitative estimate of drug-likeness (QED) is 0.307. The summed E-state index contributed by atoms with van der Waals surface area (Å²) >= 11 is 0. The van der Waals surface area contributed by atoms with E-state index in [0.29, 0.717) is 5.69 Å². The summed E-state index contributed by atoms with van der Waals surface area (Å²) < 4.78 is 45.6. The first-order chi connectivity index (χ1) is 17.4. The van der Waals surface area contributed by atoms with E-state index in [1.807, 2.05) is 0 Å². The second-order valence-electron chi connectivity index (χ2n) is 7.30.